The number of nitrogens with one attached hydrogen (secondary N) is 1. The molecule has 3 aromatic rings. The summed E-state index contributed by atoms with van der Waals surface area (Å²) in [6.07, 6.45) is 5.50. The first-order valence-electron chi connectivity index (χ1n) is 10.6. The van der Waals surface area contributed by atoms with E-state index in [0.717, 1.165) is 48.5 Å². The number of aromatic nitrogens is 1. The molecule has 1 aliphatic rings. The predicted molar refractivity (Wildman–Crippen MR) is 126 cm³/mol. The van der Waals surface area contributed by atoms with Gasteiger partial charge in [0.1, 0.15) is 0 Å². The zero-order valence-electron chi connectivity index (χ0n) is 17.4. The third kappa shape index (κ3) is 4.79. The normalized spacial score (nSPS) is 14.6. The van der Waals surface area contributed by atoms with Gasteiger partial charge >= 0.3 is 5.97 Å². The van der Waals surface area contributed by atoms with Gasteiger partial charge in [0.05, 0.1) is 12.2 Å². The minimum absolute atomic E-state index is 0.247. The van der Waals surface area contributed by atoms with Gasteiger partial charge in [0.25, 0.3) is 0 Å². The second-order valence-electron chi connectivity index (χ2n) is 7.46. The Balaban J connectivity index is 1.31. The van der Waals surface area contributed by atoms with Crippen molar-refractivity contribution in [2.45, 2.75) is 19.1 Å². The lowest BCUT2D eigenvalue weighted by Crippen LogP contribution is -2.30. The van der Waals surface area contributed by atoms with Gasteiger partial charge in [-0.25, -0.2) is 4.79 Å². The molecule has 4 nitrogen and oxygen atoms in total. The Morgan fingerprint density at radius 2 is 2.03 bits per heavy atom. The number of nitrogens with zero attached hydrogens (tertiary/aromatic N) is 1. The highest BCUT2D eigenvalue weighted by molar-refractivity contribution is 7.98. The number of carbonyl (C=O) groups excluding carboxylic acids is 1. The van der Waals surface area contributed by atoms with Crippen LogP contribution in [0.25, 0.3) is 16.5 Å². The summed E-state index contributed by atoms with van der Waals surface area (Å²) in [7, 11) is 0. The van der Waals surface area contributed by atoms with Gasteiger partial charge < -0.3 is 9.72 Å². The molecule has 1 aromatic heterocycles. The lowest BCUT2D eigenvalue weighted by atomic mass is 10.00. The number of hydrogen-bond acceptors (Lipinski definition) is 4. The molecule has 30 heavy (non-hydrogen) atoms. The van der Waals surface area contributed by atoms with Crippen molar-refractivity contribution in [3.8, 4) is 0 Å². The van der Waals surface area contributed by atoms with Crippen molar-refractivity contribution in [3.63, 3.8) is 0 Å². The minimum atomic E-state index is -0.247. The summed E-state index contributed by atoms with van der Waals surface area (Å²) in [6, 6.07) is 16.4. The van der Waals surface area contributed by atoms with E-state index < -0.39 is 0 Å². The summed E-state index contributed by atoms with van der Waals surface area (Å²) < 4.78 is 5.23. The molecule has 0 amide bonds. The first-order valence-corrected chi connectivity index (χ1v) is 11.7. The molecule has 5 heteroatoms. The standard InChI is InChI=1S/C25H28N2O2S/c1-2-29-25(28)22-9-6-10-23-24(22)21(17-26-23)18-30-16-15-27-13-11-20(12-14-27)19-7-4-3-5-8-19/h3-11,17,26H,2,12-16,18H2,1H3. The molecule has 0 unspecified atom stereocenters. The third-order valence-corrected chi connectivity index (χ3v) is 6.52. The van der Waals surface area contributed by atoms with E-state index in [-0.39, 0.29) is 5.97 Å². The second kappa shape index (κ2) is 10.0. The van der Waals surface area contributed by atoms with Crippen LogP contribution in [0.5, 0.6) is 0 Å². The number of thioether (sulfide) groups is 1. The largest absolute Gasteiger partial charge is 0.462 e. The molecule has 0 aliphatic carbocycles. The molecular weight excluding hydrogens is 392 g/mol. The van der Waals surface area contributed by atoms with Crippen molar-refractivity contribution in [1.82, 2.24) is 9.88 Å². The Labute approximate surface area is 182 Å². The maximum Gasteiger partial charge on any atom is 0.338 e. The van der Waals surface area contributed by atoms with Crippen LogP contribution in [-0.4, -0.2) is 47.8 Å². The maximum atomic E-state index is 12.3. The third-order valence-electron chi connectivity index (χ3n) is 5.53. The topological polar surface area (TPSA) is 45.3 Å². The van der Waals surface area contributed by atoms with E-state index in [2.05, 4.69) is 46.3 Å². The van der Waals surface area contributed by atoms with Gasteiger partial charge in [-0.2, -0.15) is 11.8 Å². The number of H-pyrrole nitrogens is 1. The molecule has 0 saturated carbocycles. The summed E-state index contributed by atoms with van der Waals surface area (Å²) in [5, 5.41) is 0.997. The van der Waals surface area contributed by atoms with Crippen molar-refractivity contribution in [2.75, 3.05) is 32.0 Å². The molecule has 1 N–H and O–H groups in total. The molecule has 2 aromatic carbocycles. The Morgan fingerprint density at radius 1 is 1.17 bits per heavy atom. The summed E-state index contributed by atoms with van der Waals surface area (Å²) in [5.41, 5.74) is 5.63. The molecule has 0 spiro atoms. The van der Waals surface area contributed by atoms with Crippen molar-refractivity contribution in [2.24, 2.45) is 0 Å². The number of ether oxygens (including phenoxy) is 1. The van der Waals surface area contributed by atoms with Gasteiger partial charge in [0.15, 0.2) is 0 Å². The van der Waals surface area contributed by atoms with Crippen LogP contribution >= 0.6 is 11.8 Å². The quantitative estimate of drug-likeness (QED) is 0.393. The van der Waals surface area contributed by atoms with Crippen LogP contribution < -0.4 is 0 Å². The number of fused-ring (bicyclic) bond motifs is 1. The number of hydrogen-bond donors (Lipinski definition) is 1. The average Bonchev–Trinajstić information content (AvgIpc) is 3.21. The Hall–Kier alpha value is -2.50. The van der Waals surface area contributed by atoms with Gasteiger partial charge in [0.2, 0.25) is 0 Å². The van der Waals surface area contributed by atoms with Crippen LogP contribution in [0.2, 0.25) is 0 Å². The van der Waals surface area contributed by atoms with Crippen molar-refractivity contribution >= 4 is 34.2 Å². The van der Waals surface area contributed by atoms with Gasteiger partial charge in [-0.3, -0.25) is 4.90 Å². The number of aromatic amines is 1. The Morgan fingerprint density at radius 3 is 2.80 bits per heavy atom. The first-order chi connectivity index (χ1) is 14.8. The molecule has 0 bridgehead atoms. The fourth-order valence-electron chi connectivity index (χ4n) is 3.95. The van der Waals surface area contributed by atoms with Crippen molar-refractivity contribution < 1.29 is 9.53 Å². The molecule has 0 radical (unpaired) electrons. The zero-order valence-corrected chi connectivity index (χ0v) is 18.2. The number of rotatable bonds is 8. The fraction of sp³-hybridized carbons (Fsp3) is 0.320. The van der Waals surface area contributed by atoms with E-state index >= 15 is 0 Å². The van der Waals surface area contributed by atoms with Gasteiger partial charge in [-0.15, -0.1) is 0 Å². The molecule has 0 atom stereocenters. The number of benzene rings is 2. The van der Waals surface area contributed by atoms with Crippen LogP contribution in [0.4, 0.5) is 0 Å². The number of carbonyl (C=O) groups is 1. The number of esters is 1. The Bertz CT molecular complexity index is 1030. The Kier molecular flexibility index (Phi) is 6.92. The van der Waals surface area contributed by atoms with Crippen LogP contribution in [0.1, 0.15) is 34.8 Å². The molecular formula is C25H28N2O2S. The van der Waals surface area contributed by atoms with Crippen LogP contribution in [-0.2, 0) is 10.5 Å². The van der Waals surface area contributed by atoms with Crippen LogP contribution in [0, 0.1) is 0 Å². The zero-order chi connectivity index (χ0) is 20.8. The molecule has 2 heterocycles. The summed E-state index contributed by atoms with van der Waals surface area (Å²) in [5.74, 6) is 1.71. The summed E-state index contributed by atoms with van der Waals surface area (Å²) in [6.45, 7) is 5.44. The van der Waals surface area contributed by atoms with E-state index in [0.29, 0.717) is 12.2 Å². The van der Waals surface area contributed by atoms with Gasteiger partial charge in [0, 0.05) is 48.2 Å². The smallest absolute Gasteiger partial charge is 0.338 e. The molecule has 0 fully saturated rings. The van der Waals surface area contributed by atoms with Gasteiger partial charge in [-0.05, 0) is 42.2 Å². The maximum absolute atomic E-state index is 12.3. The average molecular weight is 421 g/mol. The molecule has 156 valence electrons. The van der Waals surface area contributed by atoms with Gasteiger partial charge in [-0.1, -0.05) is 42.5 Å². The monoisotopic (exact) mass is 420 g/mol. The fourth-order valence-corrected chi connectivity index (χ4v) is 4.93. The lowest BCUT2D eigenvalue weighted by molar-refractivity contribution is 0.0528. The van der Waals surface area contributed by atoms with Crippen LogP contribution in [0.3, 0.4) is 0 Å². The minimum Gasteiger partial charge on any atom is -0.462 e. The molecule has 1 aliphatic heterocycles. The highest BCUT2D eigenvalue weighted by atomic mass is 32.2. The second-order valence-corrected chi connectivity index (χ2v) is 8.57. The van der Waals surface area contributed by atoms with Crippen molar-refractivity contribution in [3.05, 3.63) is 77.5 Å². The van der Waals surface area contributed by atoms with E-state index in [1.807, 2.05) is 43.1 Å². The molecule has 0 saturated heterocycles. The van der Waals surface area contributed by atoms with Crippen LogP contribution in [0.15, 0.2) is 60.8 Å². The van der Waals surface area contributed by atoms with E-state index in [1.165, 1.54) is 16.7 Å². The lowest BCUT2D eigenvalue weighted by Gasteiger charge is -2.26. The van der Waals surface area contributed by atoms with E-state index in [9.17, 15) is 4.79 Å². The first kappa shape index (κ1) is 20.8. The molecule has 4 rings (SSSR count). The SMILES string of the molecule is CCOC(=O)c1cccc2[nH]cc(CSCCN3CC=C(c4ccccc4)CC3)c12. The summed E-state index contributed by atoms with van der Waals surface area (Å²) in [4.78, 5) is 18.1. The highest BCUT2D eigenvalue weighted by Crippen LogP contribution is 2.27. The highest BCUT2D eigenvalue weighted by Gasteiger charge is 2.16. The summed E-state index contributed by atoms with van der Waals surface area (Å²) >= 11 is 1.92. The predicted octanol–water partition coefficient (Wildman–Crippen LogP) is 5.37. The van der Waals surface area contributed by atoms with E-state index in [1.54, 1.807) is 0 Å². The van der Waals surface area contributed by atoms with Crippen molar-refractivity contribution in [1.29, 1.82) is 0 Å². The van der Waals surface area contributed by atoms with E-state index in [4.69, 9.17) is 4.74 Å².